The molecule has 5 heterocycles. The van der Waals surface area contributed by atoms with Crippen LogP contribution in [-0.2, 0) is 6.54 Å². The molecule has 2 unspecified atom stereocenters. The van der Waals surface area contributed by atoms with Crippen molar-refractivity contribution in [2.75, 3.05) is 31.1 Å². The highest BCUT2D eigenvalue weighted by molar-refractivity contribution is 5.44. The van der Waals surface area contributed by atoms with Crippen molar-refractivity contribution in [1.29, 1.82) is 0 Å². The van der Waals surface area contributed by atoms with E-state index in [2.05, 4.69) is 29.9 Å². The van der Waals surface area contributed by atoms with E-state index in [9.17, 15) is 0 Å². The van der Waals surface area contributed by atoms with Gasteiger partial charge in [0.1, 0.15) is 18.4 Å². The molecule has 0 saturated carbocycles. The SMILES string of the molecule is c1cnn(-c2cc(N3CC4CN(Cc5ncco5)CC4C3)ncn2)c1. The van der Waals surface area contributed by atoms with Gasteiger partial charge in [0.05, 0.1) is 12.7 Å². The lowest BCUT2D eigenvalue weighted by Gasteiger charge is -2.21. The second-order valence-corrected chi connectivity index (χ2v) is 6.73. The van der Waals surface area contributed by atoms with E-state index in [1.54, 1.807) is 29.7 Å². The van der Waals surface area contributed by atoms with Crippen molar-refractivity contribution in [3.63, 3.8) is 0 Å². The Labute approximate surface area is 145 Å². The van der Waals surface area contributed by atoms with E-state index in [1.165, 1.54) is 0 Å². The van der Waals surface area contributed by atoms with E-state index in [4.69, 9.17) is 4.42 Å². The maximum absolute atomic E-state index is 5.37. The highest BCUT2D eigenvalue weighted by Gasteiger charge is 2.40. The minimum atomic E-state index is 0.665. The molecule has 2 atom stereocenters. The van der Waals surface area contributed by atoms with Crippen LogP contribution in [0.3, 0.4) is 0 Å². The molecule has 8 nitrogen and oxygen atoms in total. The fourth-order valence-electron chi connectivity index (χ4n) is 3.97. The number of hydrogen-bond acceptors (Lipinski definition) is 7. The first-order valence-electron chi connectivity index (χ1n) is 8.53. The van der Waals surface area contributed by atoms with Gasteiger partial charge in [-0.05, 0) is 17.9 Å². The molecule has 0 bridgehead atoms. The van der Waals surface area contributed by atoms with Crippen LogP contribution < -0.4 is 4.90 Å². The quantitative estimate of drug-likeness (QED) is 0.708. The van der Waals surface area contributed by atoms with Gasteiger partial charge in [0, 0.05) is 44.6 Å². The summed E-state index contributed by atoms with van der Waals surface area (Å²) in [5, 5.41) is 4.24. The van der Waals surface area contributed by atoms with Crippen LogP contribution in [0.2, 0.25) is 0 Å². The summed E-state index contributed by atoms with van der Waals surface area (Å²) >= 11 is 0. The molecular weight excluding hydrogens is 318 g/mol. The van der Waals surface area contributed by atoms with Gasteiger partial charge in [-0.3, -0.25) is 4.90 Å². The van der Waals surface area contributed by atoms with Crippen molar-refractivity contribution in [2.24, 2.45) is 11.8 Å². The van der Waals surface area contributed by atoms with Crippen LogP contribution in [0.4, 0.5) is 5.82 Å². The first-order chi connectivity index (χ1) is 12.3. The van der Waals surface area contributed by atoms with Crippen LogP contribution in [0, 0.1) is 11.8 Å². The summed E-state index contributed by atoms with van der Waals surface area (Å²) in [5.41, 5.74) is 0. The molecule has 0 aromatic carbocycles. The fraction of sp³-hybridized carbons (Fsp3) is 0.412. The molecule has 3 aromatic rings. The molecular formula is C17H19N7O. The summed E-state index contributed by atoms with van der Waals surface area (Å²) in [6.07, 6.45) is 8.62. The molecule has 8 heteroatoms. The third-order valence-electron chi connectivity index (χ3n) is 5.11. The highest BCUT2D eigenvalue weighted by atomic mass is 16.3. The number of nitrogens with zero attached hydrogens (tertiary/aromatic N) is 7. The van der Waals surface area contributed by atoms with Crippen LogP contribution in [0.25, 0.3) is 5.82 Å². The predicted molar refractivity (Wildman–Crippen MR) is 90.1 cm³/mol. The maximum atomic E-state index is 5.37. The van der Waals surface area contributed by atoms with Crippen molar-refractivity contribution in [1.82, 2.24) is 29.6 Å². The molecule has 0 aliphatic carbocycles. The number of aromatic nitrogens is 5. The first-order valence-corrected chi connectivity index (χ1v) is 8.53. The summed E-state index contributed by atoms with van der Waals surface area (Å²) in [4.78, 5) is 17.8. The molecule has 2 aliphatic rings. The zero-order chi connectivity index (χ0) is 16.6. The average Bonchev–Trinajstić information content (AvgIpc) is 3.40. The summed E-state index contributed by atoms with van der Waals surface area (Å²) in [6.45, 7) is 5.03. The molecule has 0 amide bonds. The van der Waals surface area contributed by atoms with Crippen molar-refractivity contribution in [2.45, 2.75) is 6.54 Å². The Kier molecular flexibility index (Phi) is 3.48. The molecule has 128 valence electrons. The van der Waals surface area contributed by atoms with E-state index in [1.807, 2.05) is 18.3 Å². The second kappa shape index (κ2) is 5.96. The van der Waals surface area contributed by atoms with Gasteiger partial charge in [-0.25, -0.2) is 19.6 Å². The predicted octanol–water partition coefficient (Wildman–Crippen LogP) is 1.22. The average molecular weight is 337 g/mol. The highest BCUT2D eigenvalue weighted by Crippen LogP contribution is 2.34. The van der Waals surface area contributed by atoms with Crippen LogP contribution in [-0.4, -0.2) is 55.8 Å². The van der Waals surface area contributed by atoms with Gasteiger partial charge in [0.2, 0.25) is 5.89 Å². The lowest BCUT2D eigenvalue weighted by atomic mass is 10.0. The molecule has 2 saturated heterocycles. The number of rotatable bonds is 4. The summed E-state index contributed by atoms with van der Waals surface area (Å²) in [5.74, 6) is 3.92. The number of likely N-dealkylation sites (tertiary alicyclic amines) is 1. The zero-order valence-electron chi connectivity index (χ0n) is 13.8. The van der Waals surface area contributed by atoms with E-state index >= 15 is 0 Å². The first kappa shape index (κ1) is 14.6. The van der Waals surface area contributed by atoms with Gasteiger partial charge in [0.15, 0.2) is 5.82 Å². The largest absolute Gasteiger partial charge is 0.448 e. The molecule has 25 heavy (non-hydrogen) atoms. The van der Waals surface area contributed by atoms with Gasteiger partial charge in [0.25, 0.3) is 0 Å². The standard InChI is InChI=1S/C17H19N7O/c1-2-21-24(4-1)16-6-15(19-12-20-16)23-9-13-7-22(8-14(13)10-23)11-17-18-3-5-25-17/h1-6,12-14H,7-11H2. The number of anilines is 1. The van der Waals surface area contributed by atoms with Crippen molar-refractivity contribution in [3.05, 3.63) is 49.2 Å². The van der Waals surface area contributed by atoms with Crippen molar-refractivity contribution >= 4 is 5.82 Å². The Hall–Kier alpha value is -2.74. The lowest BCUT2D eigenvalue weighted by molar-refractivity contribution is 0.274. The zero-order valence-corrected chi connectivity index (χ0v) is 13.8. The lowest BCUT2D eigenvalue weighted by Crippen LogP contribution is -2.29. The van der Waals surface area contributed by atoms with Crippen LogP contribution in [0.1, 0.15) is 5.89 Å². The smallest absolute Gasteiger partial charge is 0.208 e. The monoisotopic (exact) mass is 337 g/mol. The van der Waals surface area contributed by atoms with E-state index in [-0.39, 0.29) is 0 Å². The number of hydrogen-bond donors (Lipinski definition) is 0. The minimum absolute atomic E-state index is 0.665. The molecule has 2 aliphatic heterocycles. The van der Waals surface area contributed by atoms with Gasteiger partial charge >= 0.3 is 0 Å². The normalized spacial score (nSPS) is 23.3. The second-order valence-electron chi connectivity index (χ2n) is 6.73. The molecule has 0 N–H and O–H groups in total. The topological polar surface area (TPSA) is 76.1 Å². The Morgan fingerprint density at radius 2 is 1.84 bits per heavy atom. The maximum Gasteiger partial charge on any atom is 0.208 e. The summed E-state index contributed by atoms with van der Waals surface area (Å²) in [6, 6.07) is 3.91. The molecule has 0 radical (unpaired) electrons. The molecule has 3 aromatic heterocycles. The Morgan fingerprint density at radius 1 is 1.00 bits per heavy atom. The van der Waals surface area contributed by atoms with E-state index < -0.39 is 0 Å². The van der Waals surface area contributed by atoms with Gasteiger partial charge in [-0.2, -0.15) is 5.10 Å². The minimum Gasteiger partial charge on any atom is -0.448 e. The van der Waals surface area contributed by atoms with Crippen LogP contribution in [0.5, 0.6) is 0 Å². The number of fused-ring (bicyclic) bond motifs is 1. The fourth-order valence-corrected chi connectivity index (χ4v) is 3.97. The van der Waals surface area contributed by atoms with E-state index in [0.717, 1.165) is 50.3 Å². The summed E-state index contributed by atoms with van der Waals surface area (Å²) < 4.78 is 7.13. The van der Waals surface area contributed by atoms with Crippen LogP contribution in [0.15, 0.2) is 47.7 Å². The Balaban J connectivity index is 1.26. The van der Waals surface area contributed by atoms with E-state index in [0.29, 0.717) is 11.8 Å². The Bertz CT molecular complexity index is 819. The van der Waals surface area contributed by atoms with Crippen molar-refractivity contribution in [3.8, 4) is 5.82 Å². The van der Waals surface area contributed by atoms with Gasteiger partial charge < -0.3 is 9.32 Å². The Morgan fingerprint density at radius 3 is 2.56 bits per heavy atom. The third kappa shape index (κ3) is 2.78. The number of oxazole rings is 1. The summed E-state index contributed by atoms with van der Waals surface area (Å²) in [7, 11) is 0. The molecule has 0 spiro atoms. The molecule has 2 fully saturated rings. The van der Waals surface area contributed by atoms with Gasteiger partial charge in [-0.15, -0.1) is 0 Å². The molecule has 5 rings (SSSR count). The van der Waals surface area contributed by atoms with Crippen LogP contribution >= 0.6 is 0 Å². The van der Waals surface area contributed by atoms with Crippen molar-refractivity contribution < 1.29 is 4.42 Å². The van der Waals surface area contributed by atoms with Gasteiger partial charge in [-0.1, -0.05) is 0 Å². The third-order valence-corrected chi connectivity index (χ3v) is 5.11.